The van der Waals surface area contributed by atoms with Gasteiger partial charge in [-0.15, -0.1) is 11.8 Å². The Morgan fingerprint density at radius 2 is 1.97 bits per heavy atom. The number of nitrogens with zero attached hydrogens (tertiary/aromatic N) is 2. The Kier molecular flexibility index (Phi) is 5.06. The van der Waals surface area contributed by atoms with Crippen molar-refractivity contribution in [2.24, 2.45) is 11.8 Å². The molecular weight excluding hydrogens is 392 g/mol. The molecule has 1 N–H and O–H groups in total. The number of esters is 1. The summed E-state index contributed by atoms with van der Waals surface area (Å²) in [6, 6.07) is -0.698. The summed E-state index contributed by atoms with van der Waals surface area (Å²) >= 11 is 1.54. The lowest BCUT2D eigenvalue weighted by Crippen LogP contribution is -2.54. The molecule has 1 unspecified atom stereocenters. The fourth-order valence-electron chi connectivity index (χ4n) is 5.32. The first-order valence-electron chi connectivity index (χ1n) is 10.2. The van der Waals surface area contributed by atoms with Gasteiger partial charge in [-0.3, -0.25) is 14.4 Å². The van der Waals surface area contributed by atoms with Gasteiger partial charge in [-0.05, 0) is 33.3 Å². The lowest BCUT2D eigenvalue weighted by atomic mass is 9.75. The van der Waals surface area contributed by atoms with Crippen LogP contribution in [0.15, 0.2) is 24.3 Å². The van der Waals surface area contributed by atoms with E-state index in [-0.39, 0.29) is 37.0 Å². The van der Waals surface area contributed by atoms with Crippen LogP contribution in [-0.2, 0) is 19.1 Å². The molecule has 4 aliphatic heterocycles. The second kappa shape index (κ2) is 7.16. The highest BCUT2D eigenvalue weighted by atomic mass is 32.2. The number of carbonyl (C=O) groups excluding carboxylic acids is 3. The summed E-state index contributed by atoms with van der Waals surface area (Å²) in [5.41, 5.74) is 0. The van der Waals surface area contributed by atoms with Crippen LogP contribution in [0.1, 0.15) is 27.2 Å². The average Bonchev–Trinajstić information content (AvgIpc) is 2.90. The van der Waals surface area contributed by atoms with Gasteiger partial charge in [0, 0.05) is 30.5 Å². The smallest absolute Gasteiger partial charge is 0.311 e. The first kappa shape index (κ1) is 20.5. The van der Waals surface area contributed by atoms with Crippen LogP contribution in [0.2, 0.25) is 0 Å². The van der Waals surface area contributed by atoms with Crippen molar-refractivity contribution in [3.63, 3.8) is 0 Å². The van der Waals surface area contributed by atoms with Gasteiger partial charge in [-0.2, -0.15) is 0 Å². The molecule has 0 aromatic carbocycles. The van der Waals surface area contributed by atoms with E-state index in [0.717, 1.165) is 0 Å². The minimum absolute atomic E-state index is 0.00604. The minimum Gasteiger partial charge on any atom is -0.461 e. The van der Waals surface area contributed by atoms with E-state index in [4.69, 9.17) is 4.74 Å². The second-order valence-corrected chi connectivity index (χ2v) is 10.4. The molecule has 158 valence electrons. The summed E-state index contributed by atoms with van der Waals surface area (Å²) < 4.78 is 3.94. The molecule has 4 aliphatic rings. The first-order chi connectivity index (χ1) is 13.8. The molecule has 0 bridgehead atoms. The Morgan fingerprint density at radius 3 is 2.66 bits per heavy atom. The number of ether oxygens (including phenoxy) is 1. The molecular formula is C21H28N2O5S. The molecule has 0 radical (unpaired) electrons. The van der Waals surface area contributed by atoms with E-state index in [0.29, 0.717) is 19.5 Å². The van der Waals surface area contributed by atoms with Gasteiger partial charge in [0.1, 0.15) is 12.6 Å². The molecule has 0 aliphatic carbocycles. The molecule has 2 fully saturated rings. The quantitative estimate of drug-likeness (QED) is 0.539. The number of hydrogen-bond donors (Lipinski definition) is 1. The molecule has 0 aromatic rings. The van der Waals surface area contributed by atoms with Crippen molar-refractivity contribution in [3.8, 4) is 0 Å². The summed E-state index contributed by atoms with van der Waals surface area (Å²) in [6.45, 7) is 6.79. The SMILES string of the molecule is CC(C)N1CC=C[C@]23S[C@]4(C)C=CCOC(=O)[C@@H]4[C@H]2C(=O)N(CCCO)C3C1=O. The molecule has 2 saturated heterocycles. The van der Waals surface area contributed by atoms with Gasteiger partial charge in [-0.25, -0.2) is 0 Å². The van der Waals surface area contributed by atoms with E-state index >= 15 is 0 Å². The van der Waals surface area contributed by atoms with E-state index in [1.54, 1.807) is 21.6 Å². The standard InChI is InChI=1S/C21H28N2O5S/c1-13(2)22-9-4-8-21-14(15-19(27)28-12-5-7-20(15,3)29-21)17(25)23(10-6-11-24)16(21)18(22)26/h4-5,7-8,13-16,24H,6,9-12H2,1-3H3/t14-,15-,16?,20+,21-/m0/s1. The van der Waals surface area contributed by atoms with Gasteiger partial charge in [-0.1, -0.05) is 18.2 Å². The van der Waals surface area contributed by atoms with E-state index in [9.17, 15) is 19.5 Å². The number of fused-ring (bicyclic) bond motifs is 2. The summed E-state index contributed by atoms with van der Waals surface area (Å²) in [6.07, 6.45) is 8.14. The molecule has 8 heteroatoms. The van der Waals surface area contributed by atoms with Gasteiger partial charge in [0.25, 0.3) is 0 Å². The summed E-state index contributed by atoms with van der Waals surface area (Å²) in [7, 11) is 0. The maximum atomic E-state index is 13.7. The average molecular weight is 421 g/mol. The number of cyclic esters (lactones) is 1. The Hall–Kier alpha value is -1.80. The Labute approximate surface area is 175 Å². The number of aliphatic hydroxyl groups excluding tert-OH is 1. The zero-order valence-electron chi connectivity index (χ0n) is 17.0. The van der Waals surface area contributed by atoms with Gasteiger partial charge in [0.15, 0.2) is 0 Å². The van der Waals surface area contributed by atoms with Crippen LogP contribution in [-0.4, -0.2) is 80.6 Å². The minimum atomic E-state index is -0.826. The predicted octanol–water partition coefficient (Wildman–Crippen LogP) is 0.976. The van der Waals surface area contributed by atoms with Crippen molar-refractivity contribution in [2.75, 3.05) is 26.3 Å². The lowest BCUT2D eigenvalue weighted by Gasteiger charge is -2.37. The van der Waals surface area contributed by atoms with Crippen LogP contribution in [0.3, 0.4) is 0 Å². The summed E-state index contributed by atoms with van der Waals surface area (Å²) in [4.78, 5) is 43.6. The Balaban J connectivity index is 1.87. The number of aliphatic hydroxyl groups is 1. The zero-order chi connectivity index (χ0) is 21.0. The fraction of sp³-hybridized carbons (Fsp3) is 0.667. The van der Waals surface area contributed by atoms with E-state index < -0.39 is 27.4 Å². The highest BCUT2D eigenvalue weighted by Gasteiger charge is 2.73. The topological polar surface area (TPSA) is 87.2 Å². The van der Waals surface area contributed by atoms with Crippen molar-refractivity contribution < 1.29 is 24.2 Å². The number of hydrogen-bond acceptors (Lipinski definition) is 6. The number of likely N-dealkylation sites (tertiary alicyclic amines) is 1. The monoisotopic (exact) mass is 420 g/mol. The number of carbonyl (C=O) groups is 3. The third-order valence-corrected chi connectivity index (χ3v) is 8.32. The molecule has 29 heavy (non-hydrogen) atoms. The van der Waals surface area contributed by atoms with E-state index in [2.05, 4.69) is 0 Å². The van der Waals surface area contributed by atoms with Crippen LogP contribution >= 0.6 is 11.8 Å². The fourth-order valence-corrected chi connectivity index (χ4v) is 7.47. The van der Waals surface area contributed by atoms with Crippen LogP contribution in [0.25, 0.3) is 0 Å². The van der Waals surface area contributed by atoms with Crippen molar-refractivity contribution in [2.45, 2.75) is 48.8 Å². The molecule has 2 amide bonds. The van der Waals surface area contributed by atoms with Crippen molar-refractivity contribution in [1.82, 2.24) is 9.80 Å². The maximum Gasteiger partial charge on any atom is 0.311 e. The number of thioether (sulfide) groups is 1. The third-order valence-electron chi connectivity index (χ3n) is 6.52. The van der Waals surface area contributed by atoms with Crippen LogP contribution in [0.4, 0.5) is 0 Å². The number of rotatable bonds is 4. The number of amides is 2. The van der Waals surface area contributed by atoms with Gasteiger partial charge >= 0.3 is 5.97 Å². The molecule has 1 spiro atoms. The normalized spacial score (nSPS) is 38.7. The van der Waals surface area contributed by atoms with Crippen LogP contribution < -0.4 is 0 Å². The lowest BCUT2D eigenvalue weighted by molar-refractivity contribution is -0.152. The highest BCUT2D eigenvalue weighted by Crippen LogP contribution is 2.65. The molecule has 4 rings (SSSR count). The highest BCUT2D eigenvalue weighted by molar-refractivity contribution is 8.02. The van der Waals surface area contributed by atoms with Crippen molar-refractivity contribution in [3.05, 3.63) is 24.3 Å². The van der Waals surface area contributed by atoms with Crippen molar-refractivity contribution in [1.29, 1.82) is 0 Å². The molecule has 0 aromatic heterocycles. The molecule has 5 atom stereocenters. The van der Waals surface area contributed by atoms with Gasteiger partial charge in [0.05, 0.1) is 16.6 Å². The molecule has 7 nitrogen and oxygen atoms in total. The zero-order valence-corrected chi connectivity index (χ0v) is 17.9. The van der Waals surface area contributed by atoms with Crippen molar-refractivity contribution >= 4 is 29.5 Å². The second-order valence-electron chi connectivity index (χ2n) is 8.63. The first-order valence-corrected chi connectivity index (χ1v) is 11.0. The van der Waals surface area contributed by atoms with Gasteiger partial charge < -0.3 is 19.6 Å². The summed E-state index contributed by atoms with van der Waals surface area (Å²) in [5, 5.41) is 9.34. The Morgan fingerprint density at radius 1 is 1.21 bits per heavy atom. The van der Waals surface area contributed by atoms with Gasteiger partial charge in [0.2, 0.25) is 11.8 Å². The molecule has 0 saturated carbocycles. The largest absolute Gasteiger partial charge is 0.461 e. The van der Waals surface area contributed by atoms with E-state index in [1.165, 1.54) is 0 Å². The van der Waals surface area contributed by atoms with Crippen LogP contribution in [0, 0.1) is 11.8 Å². The third kappa shape index (κ3) is 2.86. The van der Waals surface area contributed by atoms with E-state index in [1.807, 2.05) is 45.1 Å². The van der Waals surface area contributed by atoms with Crippen LogP contribution in [0.5, 0.6) is 0 Å². The Bertz CT molecular complexity index is 796. The predicted molar refractivity (Wildman–Crippen MR) is 109 cm³/mol. The summed E-state index contributed by atoms with van der Waals surface area (Å²) in [5.74, 6) is -1.98. The molecule has 4 heterocycles. The maximum absolute atomic E-state index is 13.7.